The van der Waals surface area contributed by atoms with Crippen LogP contribution in [0.25, 0.3) is 0 Å². The molecule has 0 atom stereocenters. The van der Waals surface area contributed by atoms with Gasteiger partial charge in [0.2, 0.25) is 0 Å². The smallest absolute Gasteiger partial charge is 0.142 e. The van der Waals surface area contributed by atoms with Crippen LogP contribution in [-0.2, 0) is 6.54 Å². The van der Waals surface area contributed by atoms with E-state index >= 15 is 0 Å². The van der Waals surface area contributed by atoms with Crippen molar-refractivity contribution in [1.82, 2.24) is 9.97 Å². The molecule has 0 radical (unpaired) electrons. The van der Waals surface area contributed by atoms with Crippen molar-refractivity contribution in [2.24, 2.45) is 0 Å². The van der Waals surface area contributed by atoms with Crippen LogP contribution in [0.5, 0.6) is 5.75 Å². The Morgan fingerprint density at radius 2 is 1.62 bits per heavy atom. The fraction of sp³-hybridized carbons (Fsp3) is 0.158. The summed E-state index contributed by atoms with van der Waals surface area (Å²) >= 11 is 12.0. The standard InChI is InChI=1S/C19H18Cl2N4O/c1-12-23-18(22-11-13-3-5-14(20)6-4-13)10-19(24-12)25-16-9-15(21)7-8-17(16)26-2/h3-10H,11H2,1-2H3,(H2,22,23,24,25). The molecule has 0 unspecified atom stereocenters. The highest BCUT2D eigenvalue weighted by Gasteiger charge is 2.07. The summed E-state index contributed by atoms with van der Waals surface area (Å²) in [7, 11) is 1.61. The van der Waals surface area contributed by atoms with E-state index in [2.05, 4.69) is 20.6 Å². The molecule has 1 aromatic heterocycles. The third-order valence-corrected chi connectivity index (χ3v) is 4.14. The third-order valence-electron chi connectivity index (χ3n) is 3.65. The summed E-state index contributed by atoms with van der Waals surface area (Å²) in [6, 6.07) is 14.9. The summed E-state index contributed by atoms with van der Waals surface area (Å²) < 4.78 is 5.36. The molecule has 26 heavy (non-hydrogen) atoms. The number of rotatable bonds is 6. The quantitative estimate of drug-likeness (QED) is 0.587. The molecule has 2 aromatic carbocycles. The molecule has 1 heterocycles. The van der Waals surface area contributed by atoms with Gasteiger partial charge in [-0.2, -0.15) is 0 Å². The van der Waals surface area contributed by atoms with Crippen LogP contribution in [0.15, 0.2) is 48.5 Å². The second kappa shape index (κ2) is 8.25. The van der Waals surface area contributed by atoms with E-state index in [-0.39, 0.29) is 0 Å². The fourth-order valence-electron chi connectivity index (χ4n) is 2.43. The predicted molar refractivity (Wildman–Crippen MR) is 107 cm³/mol. The van der Waals surface area contributed by atoms with Gasteiger partial charge in [-0.05, 0) is 42.8 Å². The molecule has 7 heteroatoms. The predicted octanol–water partition coefficient (Wildman–Crippen LogP) is 5.46. The van der Waals surface area contributed by atoms with E-state index in [1.54, 1.807) is 25.3 Å². The summed E-state index contributed by atoms with van der Waals surface area (Å²) in [5.41, 5.74) is 1.85. The van der Waals surface area contributed by atoms with Gasteiger partial charge in [-0.15, -0.1) is 0 Å². The van der Waals surface area contributed by atoms with Crippen molar-refractivity contribution < 1.29 is 4.74 Å². The summed E-state index contributed by atoms with van der Waals surface area (Å²) in [6.45, 7) is 2.47. The molecular formula is C19H18Cl2N4O. The molecule has 3 aromatic rings. The van der Waals surface area contributed by atoms with Crippen molar-refractivity contribution in [3.05, 3.63) is 70.0 Å². The maximum Gasteiger partial charge on any atom is 0.142 e. The van der Waals surface area contributed by atoms with Crippen LogP contribution in [0.3, 0.4) is 0 Å². The van der Waals surface area contributed by atoms with Crippen molar-refractivity contribution in [2.45, 2.75) is 13.5 Å². The Bertz CT molecular complexity index is 901. The number of anilines is 3. The second-order valence-corrected chi connectivity index (χ2v) is 6.51. The van der Waals surface area contributed by atoms with Gasteiger partial charge < -0.3 is 15.4 Å². The summed E-state index contributed by atoms with van der Waals surface area (Å²) in [5, 5.41) is 7.86. The van der Waals surface area contributed by atoms with Gasteiger partial charge in [0, 0.05) is 22.7 Å². The lowest BCUT2D eigenvalue weighted by molar-refractivity contribution is 0.417. The first-order chi connectivity index (χ1) is 12.5. The largest absolute Gasteiger partial charge is 0.495 e. The monoisotopic (exact) mass is 388 g/mol. The Morgan fingerprint density at radius 3 is 2.35 bits per heavy atom. The van der Waals surface area contributed by atoms with Gasteiger partial charge in [-0.25, -0.2) is 9.97 Å². The number of methoxy groups -OCH3 is 1. The zero-order valence-electron chi connectivity index (χ0n) is 14.4. The fourth-order valence-corrected chi connectivity index (χ4v) is 2.73. The maximum atomic E-state index is 6.08. The summed E-state index contributed by atoms with van der Waals surface area (Å²) in [4.78, 5) is 8.85. The van der Waals surface area contributed by atoms with Gasteiger partial charge in [-0.3, -0.25) is 0 Å². The lowest BCUT2D eigenvalue weighted by atomic mass is 10.2. The minimum Gasteiger partial charge on any atom is -0.495 e. The number of hydrogen-bond acceptors (Lipinski definition) is 5. The van der Waals surface area contributed by atoms with Gasteiger partial charge in [-0.1, -0.05) is 35.3 Å². The van der Waals surface area contributed by atoms with Crippen molar-refractivity contribution in [3.8, 4) is 5.75 Å². The molecule has 0 spiro atoms. The number of nitrogens with one attached hydrogen (secondary N) is 2. The van der Waals surface area contributed by atoms with E-state index in [1.165, 1.54) is 0 Å². The Balaban J connectivity index is 1.77. The molecule has 5 nitrogen and oxygen atoms in total. The maximum absolute atomic E-state index is 6.08. The number of ether oxygens (including phenoxy) is 1. The number of halogens is 2. The highest BCUT2D eigenvalue weighted by atomic mass is 35.5. The first-order valence-corrected chi connectivity index (χ1v) is 8.73. The minimum absolute atomic E-state index is 0.611. The number of aryl methyl sites for hydroxylation is 1. The first kappa shape index (κ1) is 18.3. The number of benzene rings is 2. The number of aromatic nitrogens is 2. The van der Waals surface area contributed by atoms with Gasteiger partial charge >= 0.3 is 0 Å². The van der Waals surface area contributed by atoms with Crippen LogP contribution in [0.2, 0.25) is 10.0 Å². The molecule has 0 amide bonds. The van der Waals surface area contributed by atoms with Crippen LogP contribution in [0.1, 0.15) is 11.4 Å². The molecule has 0 saturated carbocycles. The van der Waals surface area contributed by atoms with Crippen LogP contribution >= 0.6 is 23.2 Å². The topological polar surface area (TPSA) is 59.1 Å². The molecule has 3 rings (SSSR count). The van der Waals surface area contributed by atoms with Crippen LogP contribution < -0.4 is 15.4 Å². The van der Waals surface area contributed by atoms with Crippen molar-refractivity contribution in [1.29, 1.82) is 0 Å². The molecule has 0 fully saturated rings. The lowest BCUT2D eigenvalue weighted by Gasteiger charge is -2.13. The van der Waals surface area contributed by atoms with E-state index in [1.807, 2.05) is 37.3 Å². The summed E-state index contributed by atoms with van der Waals surface area (Å²) in [5.74, 6) is 2.70. The van der Waals surface area contributed by atoms with Gasteiger partial charge in [0.15, 0.2) is 0 Å². The van der Waals surface area contributed by atoms with Crippen molar-refractivity contribution >= 4 is 40.5 Å². The van der Waals surface area contributed by atoms with Gasteiger partial charge in [0.25, 0.3) is 0 Å². The van der Waals surface area contributed by atoms with E-state index < -0.39 is 0 Å². The first-order valence-electron chi connectivity index (χ1n) is 7.98. The molecule has 0 aliphatic carbocycles. The molecule has 0 aliphatic heterocycles. The molecule has 0 bridgehead atoms. The number of hydrogen-bond donors (Lipinski definition) is 2. The average Bonchev–Trinajstić information content (AvgIpc) is 2.61. The molecular weight excluding hydrogens is 371 g/mol. The molecule has 134 valence electrons. The van der Waals surface area contributed by atoms with Crippen LogP contribution in [-0.4, -0.2) is 17.1 Å². The zero-order chi connectivity index (χ0) is 18.5. The minimum atomic E-state index is 0.611. The van der Waals surface area contributed by atoms with E-state index in [9.17, 15) is 0 Å². The van der Waals surface area contributed by atoms with E-state index in [4.69, 9.17) is 27.9 Å². The Labute approximate surface area is 162 Å². The van der Waals surface area contributed by atoms with Gasteiger partial charge in [0.1, 0.15) is 23.2 Å². The zero-order valence-corrected chi connectivity index (χ0v) is 15.9. The molecule has 0 aliphatic rings. The highest BCUT2D eigenvalue weighted by Crippen LogP contribution is 2.30. The van der Waals surface area contributed by atoms with Crippen molar-refractivity contribution in [2.75, 3.05) is 17.7 Å². The number of nitrogens with zero attached hydrogens (tertiary/aromatic N) is 2. The Hall–Kier alpha value is -2.50. The average molecular weight is 389 g/mol. The van der Waals surface area contributed by atoms with Crippen LogP contribution in [0, 0.1) is 6.92 Å². The van der Waals surface area contributed by atoms with E-state index in [0.717, 1.165) is 17.1 Å². The van der Waals surface area contributed by atoms with Gasteiger partial charge in [0.05, 0.1) is 12.8 Å². The highest BCUT2D eigenvalue weighted by molar-refractivity contribution is 6.31. The Kier molecular flexibility index (Phi) is 5.81. The van der Waals surface area contributed by atoms with Crippen LogP contribution in [0.4, 0.5) is 17.3 Å². The van der Waals surface area contributed by atoms with E-state index in [0.29, 0.717) is 34.0 Å². The second-order valence-electron chi connectivity index (χ2n) is 5.64. The lowest BCUT2D eigenvalue weighted by Crippen LogP contribution is -2.05. The molecule has 2 N–H and O–H groups in total. The SMILES string of the molecule is COc1ccc(Cl)cc1Nc1cc(NCc2ccc(Cl)cc2)nc(C)n1. The normalized spacial score (nSPS) is 10.5. The molecule has 0 saturated heterocycles. The summed E-state index contributed by atoms with van der Waals surface area (Å²) in [6.07, 6.45) is 0. The Morgan fingerprint density at radius 1 is 0.923 bits per heavy atom. The third kappa shape index (κ3) is 4.77. The van der Waals surface area contributed by atoms with Crippen molar-refractivity contribution in [3.63, 3.8) is 0 Å².